The number of ether oxygens (including phenoxy) is 3. The lowest BCUT2D eigenvalue weighted by Crippen LogP contribution is -2.31. The SMILES string of the molecule is CCOC(=O)c1ccc(CN(CCCc2ccccc2)C(=O)c2cc(OC)c(C)c(OC)c2)o1. The highest BCUT2D eigenvalue weighted by Gasteiger charge is 2.22. The molecular formula is C27H31NO6. The van der Waals surface area contributed by atoms with Crippen LogP contribution in [0.1, 0.15) is 51.1 Å². The summed E-state index contributed by atoms with van der Waals surface area (Å²) in [7, 11) is 3.13. The number of nitrogens with zero attached hydrogens (tertiary/aromatic N) is 1. The van der Waals surface area contributed by atoms with E-state index in [2.05, 4.69) is 12.1 Å². The molecule has 3 rings (SSSR count). The minimum atomic E-state index is -0.524. The minimum absolute atomic E-state index is 0.118. The van der Waals surface area contributed by atoms with E-state index in [9.17, 15) is 9.59 Å². The van der Waals surface area contributed by atoms with E-state index in [1.165, 1.54) is 5.56 Å². The number of aryl methyl sites for hydroxylation is 1. The average molecular weight is 466 g/mol. The first-order valence-electron chi connectivity index (χ1n) is 11.3. The van der Waals surface area contributed by atoms with Crippen molar-refractivity contribution in [1.82, 2.24) is 4.90 Å². The Hall–Kier alpha value is -3.74. The van der Waals surface area contributed by atoms with Gasteiger partial charge in [0.05, 0.1) is 27.4 Å². The number of methoxy groups -OCH3 is 2. The second-order valence-electron chi connectivity index (χ2n) is 7.81. The molecule has 1 aromatic heterocycles. The summed E-state index contributed by atoms with van der Waals surface area (Å²) in [4.78, 5) is 27.2. The molecule has 34 heavy (non-hydrogen) atoms. The standard InChI is InChI=1S/C27H31NO6/c1-5-33-27(30)23-14-13-22(34-23)18-28(15-9-12-20-10-7-6-8-11-20)26(29)21-16-24(31-3)19(2)25(17-21)32-4/h6-8,10-11,13-14,16-17H,5,9,12,15,18H2,1-4H3. The fourth-order valence-corrected chi connectivity index (χ4v) is 3.73. The normalized spacial score (nSPS) is 10.6. The van der Waals surface area contributed by atoms with Gasteiger partial charge >= 0.3 is 5.97 Å². The Morgan fingerprint density at radius 2 is 1.65 bits per heavy atom. The summed E-state index contributed by atoms with van der Waals surface area (Å²) in [5, 5.41) is 0. The molecule has 0 aliphatic heterocycles. The number of hydrogen-bond donors (Lipinski definition) is 0. The van der Waals surface area contributed by atoms with Crippen molar-refractivity contribution in [2.24, 2.45) is 0 Å². The van der Waals surface area contributed by atoms with Crippen molar-refractivity contribution in [1.29, 1.82) is 0 Å². The van der Waals surface area contributed by atoms with Gasteiger partial charge in [-0.15, -0.1) is 0 Å². The second-order valence-corrected chi connectivity index (χ2v) is 7.81. The molecule has 0 saturated carbocycles. The molecule has 7 heteroatoms. The van der Waals surface area contributed by atoms with Crippen molar-refractivity contribution in [2.45, 2.75) is 33.2 Å². The van der Waals surface area contributed by atoms with Gasteiger partial charge in [0.25, 0.3) is 5.91 Å². The van der Waals surface area contributed by atoms with Gasteiger partial charge in [0.15, 0.2) is 0 Å². The van der Waals surface area contributed by atoms with Crippen LogP contribution in [0.5, 0.6) is 11.5 Å². The van der Waals surface area contributed by atoms with Crippen molar-refractivity contribution in [3.63, 3.8) is 0 Å². The van der Waals surface area contributed by atoms with Crippen LogP contribution in [0.4, 0.5) is 0 Å². The third-order valence-corrected chi connectivity index (χ3v) is 5.51. The van der Waals surface area contributed by atoms with Crippen LogP contribution in [-0.2, 0) is 17.7 Å². The van der Waals surface area contributed by atoms with Crippen LogP contribution in [0.25, 0.3) is 0 Å². The number of amides is 1. The number of carbonyl (C=O) groups excluding carboxylic acids is 2. The predicted molar refractivity (Wildman–Crippen MR) is 128 cm³/mol. The molecule has 0 unspecified atom stereocenters. The monoisotopic (exact) mass is 465 g/mol. The highest BCUT2D eigenvalue weighted by atomic mass is 16.5. The number of furan rings is 1. The summed E-state index contributed by atoms with van der Waals surface area (Å²) in [6.45, 7) is 4.59. The van der Waals surface area contributed by atoms with Gasteiger partial charge in [0.1, 0.15) is 17.3 Å². The Kier molecular flexibility index (Phi) is 8.73. The van der Waals surface area contributed by atoms with E-state index in [-0.39, 0.29) is 24.8 Å². The number of rotatable bonds is 11. The van der Waals surface area contributed by atoms with Gasteiger partial charge in [-0.2, -0.15) is 0 Å². The van der Waals surface area contributed by atoms with Crippen molar-refractivity contribution < 1.29 is 28.2 Å². The van der Waals surface area contributed by atoms with E-state index in [0.717, 1.165) is 18.4 Å². The van der Waals surface area contributed by atoms with E-state index in [1.54, 1.807) is 50.3 Å². The van der Waals surface area contributed by atoms with Crippen molar-refractivity contribution in [2.75, 3.05) is 27.4 Å². The third-order valence-electron chi connectivity index (χ3n) is 5.51. The molecule has 180 valence electrons. The molecule has 0 aliphatic carbocycles. The molecule has 3 aromatic rings. The van der Waals surface area contributed by atoms with E-state index >= 15 is 0 Å². The van der Waals surface area contributed by atoms with Crippen LogP contribution in [-0.4, -0.2) is 44.1 Å². The van der Waals surface area contributed by atoms with E-state index in [0.29, 0.717) is 29.4 Å². The van der Waals surface area contributed by atoms with Gasteiger partial charge in [0, 0.05) is 17.7 Å². The maximum Gasteiger partial charge on any atom is 0.374 e. The predicted octanol–water partition coefficient (Wildman–Crippen LogP) is 5.06. The van der Waals surface area contributed by atoms with E-state index < -0.39 is 5.97 Å². The molecule has 0 bridgehead atoms. The van der Waals surface area contributed by atoms with E-state index in [4.69, 9.17) is 18.6 Å². The van der Waals surface area contributed by atoms with Crippen LogP contribution < -0.4 is 9.47 Å². The first-order valence-corrected chi connectivity index (χ1v) is 11.3. The molecule has 0 N–H and O–H groups in total. The van der Waals surface area contributed by atoms with Crippen LogP contribution in [0.3, 0.4) is 0 Å². The summed E-state index contributed by atoms with van der Waals surface area (Å²) in [5.74, 6) is 1.07. The Bertz CT molecular complexity index is 1080. The van der Waals surface area contributed by atoms with E-state index in [1.807, 2.05) is 25.1 Å². The highest BCUT2D eigenvalue weighted by molar-refractivity contribution is 5.95. The van der Waals surface area contributed by atoms with Crippen molar-refractivity contribution >= 4 is 11.9 Å². The molecule has 0 fully saturated rings. The fourth-order valence-electron chi connectivity index (χ4n) is 3.73. The third kappa shape index (κ3) is 6.19. The Morgan fingerprint density at radius 1 is 0.971 bits per heavy atom. The minimum Gasteiger partial charge on any atom is -0.496 e. The first-order chi connectivity index (χ1) is 16.5. The average Bonchev–Trinajstić information content (AvgIpc) is 3.33. The Morgan fingerprint density at radius 3 is 2.26 bits per heavy atom. The second kappa shape index (κ2) is 11.9. The Balaban J connectivity index is 1.83. The molecule has 0 aliphatic rings. The first kappa shape index (κ1) is 24.9. The molecule has 0 atom stereocenters. The largest absolute Gasteiger partial charge is 0.496 e. The maximum atomic E-state index is 13.6. The van der Waals surface area contributed by atoms with Crippen LogP contribution in [0, 0.1) is 6.92 Å². The topological polar surface area (TPSA) is 78.2 Å². The molecule has 0 saturated heterocycles. The highest BCUT2D eigenvalue weighted by Crippen LogP contribution is 2.30. The molecule has 0 spiro atoms. The van der Waals surface area contributed by atoms with Gasteiger partial charge in [0.2, 0.25) is 5.76 Å². The lowest BCUT2D eigenvalue weighted by atomic mass is 10.1. The summed E-state index contributed by atoms with van der Waals surface area (Å²) in [6.07, 6.45) is 1.60. The van der Waals surface area contributed by atoms with Crippen LogP contribution >= 0.6 is 0 Å². The Labute approximate surface area is 200 Å². The van der Waals surface area contributed by atoms with Gasteiger partial charge in [-0.3, -0.25) is 4.79 Å². The quantitative estimate of drug-likeness (QED) is 0.369. The summed E-state index contributed by atoms with van der Waals surface area (Å²) >= 11 is 0. The van der Waals surface area contributed by atoms with Crippen LogP contribution in [0.2, 0.25) is 0 Å². The summed E-state index contributed by atoms with van der Waals surface area (Å²) in [6, 6.07) is 16.8. The molecule has 1 heterocycles. The van der Waals surface area contributed by atoms with Crippen LogP contribution in [0.15, 0.2) is 59.0 Å². The van der Waals surface area contributed by atoms with Gasteiger partial charge < -0.3 is 23.5 Å². The number of carbonyl (C=O) groups is 2. The summed E-state index contributed by atoms with van der Waals surface area (Å²) < 4.78 is 21.6. The van der Waals surface area contributed by atoms with Gasteiger partial charge in [-0.1, -0.05) is 30.3 Å². The van der Waals surface area contributed by atoms with Gasteiger partial charge in [-0.05, 0) is 56.5 Å². The smallest absolute Gasteiger partial charge is 0.374 e. The maximum absolute atomic E-state index is 13.6. The van der Waals surface area contributed by atoms with Crippen molar-refractivity contribution in [3.8, 4) is 11.5 Å². The fraction of sp³-hybridized carbons (Fsp3) is 0.333. The lowest BCUT2D eigenvalue weighted by molar-refractivity contribution is 0.0486. The zero-order chi connectivity index (χ0) is 24.5. The number of benzene rings is 2. The summed E-state index contributed by atoms with van der Waals surface area (Å²) in [5.41, 5.74) is 2.48. The molecule has 7 nitrogen and oxygen atoms in total. The van der Waals surface area contributed by atoms with Gasteiger partial charge in [-0.25, -0.2) is 4.79 Å². The molecule has 1 amide bonds. The van der Waals surface area contributed by atoms with Crippen molar-refractivity contribution in [3.05, 3.63) is 82.8 Å². The molecular weight excluding hydrogens is 434 g/mol. The number of hydrogen-bond acceptors (Lipinski definition) is 6. The molecule has 2 aromatic carbocycles. The number of esters is 1. The zero-order valence-electron chi connectivity index (χ0n) is 20.1. The molecule has 0 radical (unpaired) electrons. The zero-order valence-corrected chi connectivity index (χ0v) is 20.1. The lowest BCUT2D eigenvalue weighted by Gasteiger charge is -2.23.